The summed E-state index contributed by atoms with van der Waals surface area (Å²) < 4.78 is 14.8. The molecule has 2 aliphatic rings. The van der Waals surface area contributed by atoms with E-state index in [1.807, 2.05) is 30.3 Å². The van der Waals surface area contributed by atoms with Gasteiger partial charge in [-0.15, -0.1) is 0 Å². The summed E-state index contributed by atoms with van der Waals surface area (Å²) in [5, 5.41) is 4.04. The molecule has 0 saturated carbocycles. The van der Waals surface area contributed by atoms with Gasteiger partial charge in [0.25, 0.3) is 0 Å². The summed E-state index contributed by atoms with van der Waals surface area (Å²) in [5.74, 6) is 6.58. The number of nitrogens with one attached hydrogen (secondary N) is 1. The topological polar surface area (TPSA) is 118 Å². The number of hydrogen-bond acceptors (Lipinski definition) is 7. The molecule has 5 rings (SSSR count). The van der Waals surface area contributed by atoms with Crippen molar-refractivity contribution < 1.29 is 9.47 Å². The van der Waals surface area contributed by atoms with Gasteiger partial charge in [0.05, 0.1) is 25.4 Å². The van der Waals surface area contributed by atoms with Crippen LogP contribution in [0.25, 0.3) is 0 Å². The van der Waals surface area contributed by atoms with Crippen LogP contribution in [0, 0.1) is 0 Å². The lowest BCUT2D eigenvalue weighted by atomic mass is 9.98. The molecular formula is C27H33ClN6O4. The molecule has 38 heavy (non-hydrogen) atoms. The first-order chi connectivity index (χ1) is 18.3. The zero-order chi connectivity index (χ0) is 26.8. The Bertz CT molecular complexity index is 1490. The smallest absolute Gasteiger partial charge is 0.353 e. The fraction of sp³-hybridized carbons (Fsp3) is 0.444. The van der Waals surface area contributed by atoms with Crippen LogP contribution in [0.3, 0.4) is 0 Å². The van der Waals surface area contributed by atoms with Crippen molar-refractivity contribution in [2.45, 2.75) is 64.4 Å². The maximum Gasteiger partial charge on any atom is 0.353 e. The molecule has 1 aromatic heterocycles. The summed E-state index contributed by atoms with van der Waals surface area (Å²) >= 11 is 6.06. The molecule has 0 amide bonds. The van der Waals surface area contributed by atoms with E-state index >= 15 is 0 Å². The van der Waals surface area contributed by atoms with E-state index in [1.165, 1.54) is 4.57 Å². The second-order valence-electron chi connectivity index (χ2n) is 9.87. The number of nitrogens with zero attached hydrogens (tertiary/aromatic N) is 4. The third-order valence-corrected chi connectivity index (χ3v) is 7.51. The zero-order valence-corrected chi connectivity index (χ0v) is 22.4. The molecule has 0 aliphatic carbocycles. The van der Waals surface area contributed by atoms with Crippen LogP contribution in [-0.2, 0) is 22.6 Å². The van der Waals surface area contributed by atoms with Crippen molar-refractivity contribution in [3.8, 4) is 0 Å². The van der Waals surface area contributed by atoms with E-state index in [-0.39, 0.29) is 31.6 Å². The SMILES string of the molecule is CC1Nc2ccc(/N=c3\n(N)c(=O)n(CCOC4CCCCO4)c(=O)n3Cc3ccc(Cl)cc3)cc2C1C. The maximum atomic E-state index is 13.7. The molecule has 1 fully saturated rings. The highest BCUT2D eigenvalue weighted by molar-refractivity contribution is 6.30. The van der Waals surface area contributed by atoms with Gasteiger partial charge >= 0.3 is 11.4 Å². The maximum absolute atomic E-state index is 13.7. The molecule has 3 heterocycles. The summed E-state index contributed by atoms with van der Waals surface area (Å²) in [6.07, 6.45) is 2.49. The van der Waals surface area contributed by atoms with Crippen LogP contribution in [0.15, 0.2) is 57.0 Å². The minimum atomic E-state index is -0.668. The van der Waals surface area contributed by atoms with Crippen molar-refractivity contribution in [3.05, 3.63) is 85.2 Å². The molecule has 0 radical (unpaired) electrons. The zero-order valence-electron chi connectivity index (χ0n) is 21.6. The van der Waals surface area contributed by atoms with Crippen LogP contribution < -0.4 is 28.2 Å². The normalized spacial score (nSPS) is 21.3. The highest BCUT2D eigenvalue weighted by Gasteiger charge is 2.25. The molecule has 3 N–H and O–H groups in total. The Morgan fingerprint density at radius 2 is 1.89 bits per heavy atom. The first-order valence-electron chi connectivity index (χ1n) is 13.0. The standard InChI is InChI=1S/C27H33ClN6O4/c1-17-18(2)30-23-11-10-21(15-22(17)23)31-25-33(16-19-6-8-20(28)9-7-19)26(35)32(27(36)34(25)29)12-14-38-24-5-3-4-13-37-24/h6-11,15,17-18,24,30H,3-5,12-14,16,29H2,1-2H3/b31-25-. The predicted octanol–water partition coefficient (Wildman–Crippen LogP) is 2.92. The molecule has 3 atom stereocenters. The van der Waals surface area contributed by atoms with Crippen molar-refractivity contribution in [1.29, 1.82) is 0 Å². The van der Waals surface area contributed by atoms with Gasteiger partial charge in [-0.25, -0.2) is 19.1 Å². The summed E-state index contributed by atoms with van der Waals surface area (Å²) in [7, 11) is 0. The molecule has 0 spiro atoms. The molecule has 3 aromatic rings. The van der Waals surface area contributed by atoms with Gasteiger partial charge in [0.1, 0.15) is 0 Å². The first-order valence-corrected chi connectivity index (χ1v) is 13.3. The van der Waals surface area contributed by atoms with E-state index in [1.54, 1.807) is 12.1 Å². The molecule has 1 saturated heterocycles. The lowest BCUT2D eigenvalue weighted by molar-refractivity contribution is -0.163. The number of aromatic nitrogens is 3. The van der Waals surface area contributed by atoms with Crippen molar-refractivity contribution >= 4 is 23.0 Å². The van der Waals surface area contributed by atoms with Gasteiger partial charge < -0.3 is 20.6 Å². The summed E-state index contributed by atoms with van der Waals surface area (Å²) in [4.78, 5) is 31.6. The Balaban J connectivity index is 1.55. The highest BCUT2D eigenvalue weighted by Crippen LogP contribution is 2.37. The van der Waals surface area contributed by atoms with Gasteiger partial charge in [-0.05, 0) is 67.6 Å². The van der Waals surface area contributed by atoms with Crippen LogP contribution in [0.2, 0.25) is 5.02 Å². The van der Waals surface area contributed by atoms with Gasteiger partial charge in [-0.3, -0.25) is 4.57 Å². The van der Waals surface area contributed by atoms with E-state index in [2.05, 4.69) is 19.2 Å². The average molecular weight is 541 g/mol. The van der Waals surface area contributed by atoms with E-state index in [4.69, 9.17) is 31.9 Å². The number of benzene rings is 2. The molecule has 10 nitrogen and oxygen atoms in total. The predicted molar refractivity (Wildman–Crippen MR) is 146 cm³/mol. The Morgan fingerprint density at radius 3 is 2.63 bits per heavy atom. The van der Waals surface area contributed by atoms with Gasteiger partial charge in [-0.1, -0.05) is 30.7 Å². The van der Waals surface area contributed by atoms with Crippen LogP contribution >= 0.6 is 11.6 Å². The fourth-order valence-electron chi connectivity index (χ4n) is 4.88. The number of hydrogen-bond donors (Lipinski definition) is 2. The van der Waals surface area contributed by atoms with Crippen molar-refractivity contribution in [2.24, 2.45) is 4.99 Å². The molecule has 202 valence electrons. The van der Waals surface area contributed by atoms with Crippen LogP contribution in [0.4, 0.5) is 11.4 Å². The van der Waals surface area contributed by atoms with E-state index in [0.29, 0.717) is 29.3 Å². The number of rotatable bonds is 7. The van der Waals surface area contributed by atoms with Crippen LogP contribution in [-0.4, -0.2) is 39.4 Å². The van der Waals surface area contributed by atoms with Gasteiger partial charge in [-0.2, -0.15) is 4.68 Å². The van der Waals surface area contributed by atoms with E-state index in [9.17, 15) is 9.59 Å². The molecule has 0 bridgehead atoms. The monoisotopic (exact) mass is 540 g/mol. The molecule has 3 unspecified atom stereocenters. The second kappa shape index (κ2) is 11.2. The minimum absolute atomic E-state index is 0.0372. The Morgan fingerprint density at radius 1 is 1.11 bits per heavy atom. The number of anilines is 1. The summed E-state index contributed by atoms with van der Waals surface area (Å²) in [5.41, 5.74) is 2.46. The molecule has 2 aliphatic heterocycles. The van der Waals surface area contributed by atoms with Gasteiger partial charge in [0, 0.05) is 29.3 Å². The van der Waals surface area contributed by atoms with Crippen molar-refractivity contribution in [3.63, 3.8) is 0 Å². The lowest BCUT2D eigenvalue weighted by Crippen LogP contribution is -2.58. The summed E-state index contributed by atoms with van der Waals surface area (Å²) in [6.45, 7) is 5.25. The van der Waals surface area contributed by atoms with Crippen molar-refractivity contribution in [2.75, 3.05) is 24.4 Å². The Labute approximate surface area is 225 Å². The third-order valence-electron chi connectivity index (χ3n) is 7.25. The van der Waals surface area contributed by atoms with E-state index < -0.39 is 11.4 Å². The molecule has 2 aromatic carbocycles. The van der Waals surface area contributed by atoms with Crippen molar-refractivity contribution in [1.82, 2.24) is 13.8 Å². The quantitative estimate of drug-likeness (QED) is 0.445. The average Bonchev–Trinajstić information content (AvgIpc) is 3.21. The lowest BCUT2D eigenvalue weighted by Gasteiger charge is -2.22. The third kappa shape index (κ3) is 5.43. The van der Waals surface area contributed by atoms with E-state index in [0.717, 1.165) is 45.3 Å². The number of nitrogens with two attached hydrogens (primary N) is 1. The number of nitrogen functional groups attached to an aromatic ring is 1. The number of halogens is 1. The van der Waals surface area contributed by atoms with Gasteiger partial charge in [0.15, 0.2) is 6.29 Å². The highest BCUT2D eigenvalue weighted by atomic mass is 35.5. The van der Waals surface area contributed by atoms with Crippen LogP contribution in [0.5, 0.6) is 0 Å². The van der Waals surface area contributed by atoms with Gasteiger partial charge in [0.2, 0.25) is 5.62 Å². The number of ether oxygens (including phenoxy) is 2. The Kier molecular flexibility index (Phi) is 7.73. The number of fused-ring (bicyclic) bond motifs is 1. The van der Waals surface area contributed by atoms with Crippen LogP contribution in [0.1, 0.15) is 50.2 Å². The minimum Gasteiger partial charge on any atom is -0.382 e. The molecule has 11 heteroatoms. The molecular weight excluding hydrogens is 508 g/mol. The summed E-state index contributed by atoms with van der Waals surface area (Å²) in [6, 6.07) is 13.2. The largest absolute Gasteiger partial charge is 0.382 e. The second-order valence-corrected chi connectivity index (χ2v) is 10.3. The Hall–Kier alpha value is -3.34. The fourth-order valence-corrected chi connectivity index (χ4v) is 5.00. The first kappa shape index (κ1) is 26.3.